The minimum atomic E-state index is 0.582. The van der Waals surface area contributed by atoms with Crippen molar-refractivity contribution in [3.63, 3.8) is 0 Å². The van der Waals surface area contributed by atoms with Crippen molar-refractivity contribution in [1.82, 2.24) is 14.8 Å². The molecule has 118 valence electrons. The molecule has 1 aromatic heterocycles. The number of halogens is 1. The summed E-state index contributed by atoms with van der Waals surface area (Å²) in [5.74, 6) is 1.76. The van der Waals surface area contributed by atoms with Crippen molar-refractivity contribution < 1.29 is 0 Å². The highest BCUT2D eigenvalue weighted by Gasteiger charge is 2.24. The van der Waals surface area contributed by atoms with Gasteiger partial charge in [0.15, 0.2) is 11.6 Å². The summed E-state index contributed by atoms with van der Waals surface area (Å²) in [4.78, 5) is 2.10. The van der Waals surface area contributed by atoms with Gasteiger partial charge in [0.2, 0.25) is 0 Å². The van der Waals surface area contributed by atoms with Gasteiger partial charge in [0.05, 0.1) is 22.8 Å². The molecule has 0 saturated carbocycles. The number of hydrogen-bond acceptors (Lipinski definition) is 4. The zero-order chi connectivity index (χ0) is 16.5. The number of nitrogens with zero attached hydrogens (tertiary/aromatic N) is 5. The number of fused-ring (bicyclic) bond motifs is 1. The Bertz CT molecular complexity index is 926. The molecule has 0 unspecified atom stereocenters. The van der Waals surface area contributed by atoms with Gasteiger partial charge >= 0.3 is 0 Å². The molecule has 2 heterocycles. The topological polar surface area (TPSA) is 57.7 Å². The first-order valence-electron chi connectivity index (χ1n) is 7.69. The third kappa shape index (κ3) is 2.41. The summed E-state index contributed by atoms with van der Waals surface area (Å²) in [6.45, 7) is 2.09. The van der Waals surface area contributed by atoms with E-state index in [4.69, 9.17) is 11.6 Å². The number of anilines is 1. The first-order valence-corrected chi connectivity index (χ1v) is 8.07. The van der Waals surface area contributed by atoms with Crippen molar-refractivity contribution in [1.29, 1.82) is 5.26 Å². The second-order valence-corrected chi connectivity index (χ2v) is 6.03. The van der Waals surface area contributed by atoms with Crippen LogP contribution in [0.3, 0.4) is 0 Å². The highest BCUT2D eigenvalue weighted by molar-refractivity contribution is 6.33. The third-order valence-electron chi connectivity index (χ3n) is 4.21. The molecule has 1 aliphatic rings. The molecule has 2 aromatic carbocycles. The zero-order valence-corrected chi connectivity index (χ0v) is 13.6. The lowest BCUT2D eigenvalue weighted by molar-refractivity contribution is 0.563. The van der Waals surface area contributed by atoms with Crippen LogP contribution in [-0.4, -0.2) is 21.3 Å². The monoisotopic (exact) mass is 335 g/mol. The number of nitriles is 1. The number of rotatable bonds is 2. The lowest BCUT2D eigenvalue weighted by Gasteiger charge is -2.31. The van der Waals surface area contributed by atoms with Crippen molar-refractivity contribution in [2.24, 2.45) is 0 Å². The maximum absolute atomic E-state index is 9.35. The van der Waals surface area contributed by atoms with Gasteiger partial charge in [-0.1, -0.05) is 48.0 Å². The van der Waals surface area contributed by atoms with Crippen LogP contribution in [0.4, 0.5) is 5.69 Å². The Labute approximate surface area is 144 Å². The van der Waals surface area contributed by atoms with Gasteiger partial charge in [-0.15, -0.1) is 10.2 Å². The fourth-order valence-corrected chi connectivity index (χ4v) is 3.37. The molecule has 1 aliphatic heterocycles. The van der Waals surface area contributed by atoms with E-state index in [9.17, 15) is 5.26 Å². The fraction of sp³-hybridized carbons (Fsp3) is 0.167. The van der Waals surface area contributed by atoms with Gasteiger partial charge in [0.25, 0.3) is 0 Å². The van der Waals surface area contributed by atoms with Crippen molar-refractivity contribution in [2.75, 3.05) is 11.4 Å². The van der Waals surface area contributed by atoms with Crippen LogP contribution in [0.1, 0.15) is 11.4 Å². The molecule has 0 saturated heterocycles. The SMILES string of the molecule is N#Cc1cccc(Cl)c1N1CCn2c(nnc2-c2ccccc2)C1. The second kappa shape index (κ2) is 5.99. The minimum absolute atomic E-state index is 0.582. The van der Waals surface area contributed by atoms with Crippen LogP contribution in [-0.2, 0) is 13.1 Å². The summed E-state index contributed by atoms with van der Waals surface area (Å²) in [6.07, 6.45) is 0. The average molecular weight is 336 g/mol. The van der Waals surface area contributed by atoms with Crippen LogP contribution in [0.5, 0.6) is 0 Å². The lowest BCUT2D eigenvalue weighted by Crippen LogP contribution is -2.34. The predicted molar refractivity (Wildman–Crippen MR) is 92.7 cm³/mol. The molecule has 0 spiro atoms. The van der Waals surface area contributed by atoms with Gasteiger partial charge in [-0.05, 0) is 12.1 Å². The van der Waals surface area contributed by atoms with E-state index in [1.807, 2.05) is 36.4 Å². The second-order valence-electron chi connectivity index (χ2n) is 5.63. The van der Waals surface area contributed by atoms with E-state index in [0.29, 0.717) is 17.1 Å². The normalized spacial score (nSPS) is 13.4. The van der Waals surface area contributed by atoms with Crippen molar-refractivity contribution in [3.05, 3.63) is 64.9 Å². The summed E-state index contributed by atoms with van der Waals surface area (Å²) >= 11 is 6.33. The first-order chi connectivity index (χ1) is 11.8. The molecule has 4 rings (SSSR count). The standard InChI is InChI=1S/C18H14ClN5/c19-15-8-4-7-14(11-20)17(15)23-9-10-24-16(12-23)21-22-18(24)13-5-2-1-3-6-13/h1-8H,9-10,12H2. The molecule has 0 amide bonds. The van der Waals surface area contributed by atoms with Crippen LogP contribution < -0.4 is 4.90 Å². The molecule has 3 aromatic rings. The lowest BCUT2D eigenvalue weighted by atomic mass is 10.1. The summed E-state index contributed by atoms with van der Waals surface area (Å²) in [5, 5.41) is 18.6. The summed E-state index contributed by atoms with van der Waals surface area (Å²) < 4.78 is 2.13. The highest BCUT2D eigenvalue weighted by Crippen LogP contribution is 2.32. The Morgan fingerprint density at radius 1 is 1.00 bits per heavy atom. The Kier molecular flexibility index (Phi) is 3.68. The van der Waals surface area contributed by atoms with Gasteiger partial charge in [-0.25, -0.2) is 0 Å². The average Bonchev–Trinajstić information content (AvgIpc) is 3.05. The first kappa shape index (κ1) is 14.7. The van der Waals surface area contributed by atoms with Crippen LogP contribution >= 0.6 is 11.6 Å². The van der Waals surface area contributed by atoms with Crippen LogP contribution in [0.15, 0.2) is 48.5 Å². The van der Waals surface area contributed by atoms with E-state index < -0.39 is 0 Å². The Hall–Kier alpha value is -2.84. The number of para-hydroxylation sites is 1. The molecule has 6 heteroatoms. The zero-order valence-electron chi connectivity index (χ0n) is 12.9. The van der Waals surface area contributed by atoms with E-state index in [0.717, 1.165) is 36.0 Å². The summed E-state index contributed by atoms with van der Waals surface area (Å²) in [7, 11) is 0. The molecule has 0 atom stereocenters. The Morgan fingerprint density at radius 3 is 2.62 bits per heavy atom. The number of hydrogen-bond donors (Lipinski definition) is 0. The van der Waals surface area contributed by atoms with Crippen LogP contribution in [0, 0.1) is 11.3 Å². The fourth-order valence-electron chi connectivity index (χ4n) is 3.08. The van der Waals surface area contributed by atoms with E-state index in [-0.39, 0.29) is 0 Å². The molecular weight excluding hydrogens is 322 g/mol. The minimum Gasteiger partial charge on any atom is -0.360 e. The molecule has 0 aliphatic carbocycles. The van der Waals surface area contributed by atoms with E-state index in [2.05, 4.69) is 25.7 Å². The van der Waals surface area contributed by atoms with Crippen molar-refractivity contribution in [3.8, 4) is 17.5 Å². The molecular formula is C18H14ClN5. The van der Waals surface area contributed by atoms with Crippen molar-refractivity contribution in [2.45, 2.75) is 13.1 Å². The largest absolute Gasteiger partial charge is 0.360 e. The quantitative estimate of drug-likeness (QED) is 0.719. The van der Waals surface area contributed by atoms with Crippen LogP contribution in [0.2, 0.25) is 5.02 Å². The van der Waals surface area contributed by atoms with E-state index in [1.165, 1.54) is 0 Å². The third-order valence-corrected chi connectivity index (χ3v) is 4.51. The van der Waals surface area contributed by atoms with Gasteiger partial charge < -0.3 is 9.47 Å². The van der Waals surface area contributed by atoms with Gasteiger partial charge in [-0.3, -0.25) is 0 Å². The maximum Gasteiger partial charge on any atom is 0.164 e. The van der Waals surface area contributed by atoms with E-state index >= 15 is 0 Å². The maximum atomic E-state index is 9.35. The summed E-state index contributed by atoms with van der Waals surface area (Å²) in [6, 6.07) is 17.7. The Balaban J connectivity index is 1.70. The molecule has 24 heavy (non-hydrogen) atoms. The van der Waals surface area contributed by atoms with E-state index in [1.54, 1.807) is 12.1 Å². The number of benzene rings is 2. The molecule has 0 bridgehead atoms. The number of aromatic nitrogens is 3. The predicted octanol–water partition coefficient (Wildman–Crippen LogP) is 3.49. The van der Waals surface area contributed by atoms with Crippen LogP contribution in [0.25, 0.3) is 11.4 Å². The molecule has 5 nitrogen and oxygen atoms in total. The van der Waals surface area contributed by atoms with Crippen molar-refractivity contribution >= 4 is 17.3 Å². The van der Waals surface area contributed by atoms with Gasteiger partial charge in [0, 0.05) is 18.7 Å². The summed E-state index contributed by atoms with van der Waals surface area (Å²) in [5.41, 5.74) is 2.41. The smallest absolute Gasteiger partial charge is 0.164 e. The molecule has 0 radical (unpaired) electrons. The highest BCUT2D eigenvalue weighted by atomic mass is 35.5. The molecule has 0 N–H and O–H groups in total. The van der Waals surface area contributed by atoms with Gasteiger partial charge in [-0.2, -0.15) is 5.26 Å². The van der Waals surface area contributed by atoms with Gasteiger partial charge in [0.1, 0.15) is 6.07 Å². The Morgan fingerprint density at radius 2 is 1.83 bits per heavy atom. The molecule has 0 fully saturated rings.